The van der Waals surface area contributed by atoms with Crippen LogP contribution in [0.5, 0.6) is 0 Å². The fraction of sp³-hybridized carbons (Fsp3) is 0.133. The molecule has 2 aromatic heterocycles. The molecule has 3 aromatic rings. The van der Waals surface area contributed by atoms with Crippen molar-refractivity contribution in [3.63, 3.8) is 0 Å². The molecule has 0 saturated heterocycles. The van der Waals surface area contributed by atoms with Crippen LogP contribution in [0, 0.1) is 0 Å². The van der Waals surface area contributed by atoms with Gasteiger partial charge in [0.25, 0.3) is 11.9 Å². The number of hydrogen-bond donors (Lipinski definition) is 2. The standard InChI is InChI=1S/C15H13Br2N7O/c1-18-14-22-12(24(23-14)15-19-3-2-4-20-15)8-21-13(25)9-5-10(16)7-11(17)6-9/h2-7H,8H2,1H3,(H,18,23)(H,21,25). The topological polar surface area (TPSA) is 97.6 Å². The Bertz CT molecular complexity index is 878. The van der Waals surface area contributed by atoms with Gasteiger partial charge in [-0.2, -0.15) is 9.67 Å². The predicted molar refractivity (Wildman–Crippen MR) is 99.5 cm³/mol. The summed E-state index contributed by atoms with van der Waals surface area (Å²) in [4.78, 5) is 25.0. The monoisotopic (exact) mass is 465 g/mol. The number of halogens is 2. The van der Waals surface area contributed by atoms with Crippen molar-refractivity contribution in [2.45, 2.75) is 6.54 Å². The number of carbonyl (C=O) groups is 1. The summed E-state index contributed by atoms with van der Waals surface area (Å²) in [6.07, 6.45) is 3.23. The average Bonchev–Trinajstić information content (AvgIpc) is 3.03. The van der Waals surface area contributed by atoms with Crippen LogP contribution in [-0.4, -0.2) is 37.7 Å². The van der Waals surface area contributed by atoms with Crippen molar-refractivity contribution in [1.82, 2.24) is 30.0 Å². The second-order valence-electron chi connectivity index (χ2n) is 4.90. The van der Waals surface area contributed by atoms with E-state index in [1.54, 1.807) is 37.6 Å². The lowest BCUT2D eigenvalue weighted by atomic mass is 10.2. The summed E-state index contributed by atoms with van der Waals surface area (Å²) in [6, 6.07) is 7.06. The molecule has 0 aliphatic heterocycles. The van der Waals surface area contributed by atoms with Crippen LogP contribution >= 0.6 is 31.9 Å². The van der Waals surface area contributed by atoms with E-state index in [1.165, 1.54) is 4.68 Å². The van der Waals surface area contributed by atoms with Gasteiger partial charge in [0.1, 0.15) is 0 Å². The molecule has 25 heavy (non-hydrogen) atoms. The van der Waals surface area contributed by atoms with Crippen molar-refractivity contribution in [2.24, 2.45) is 0 Å². The number of anilines is 1. The highest BCUT2D eigenvalue weighted by Crippen LogP contribution is 2.20. The molecule has 3 rings (SSSR count). The van der Waals surface area contributed by atoms with Gasteiger partial charge in [0.15, 0.2) is 5.82 Å². The van der Waals surface area contributed by atoms with Gasteiger partial charge in [0.2, 0.25) is 5.95 Å². The van der Waals surface area contributed by atoms with E-state index >= 15 is 0 Å². The zero-order valence-corrected chi connectivity index (χ0v) is 16.2. The Kier molecular flexibility index (Phi) is 5.39. The van der Waals surface area contributed by atoms with E-state index in [9.17, 15) is 4.79 Å². The number of nitrogens with one attached hydrogen (secondary N) is 2. The molecule has 128 valence electrons. The molecule has 0 aliphatic carbocycles. The Labute approximate surface area is 160 Å². The number of nitrogens with zero attached hydrogens (tertiary/aromatic N) is 5. The maximum Gasteiger partial charge on any atom is 0.252 e. The molecule has 0 spiro atoms. The number of rotatable bonds is 5. The number of aromatic nitrogens is 5. The number of amides is 1. The van der Waals surface area contributed by atoms with E-state index < -0.39 is 0 Å². The van der Waals surface area contributed by atoms with Gasteiger partial charge in [-0.05, 0) is 24.3 Å². The van der Waals surface area contributed by atoms with Crippen LogP contribution in [-0.2, 0) is 6.54 Å². The molecule has 0 radical (unpaired) electrons. The van der Waals surface area contributed by atoms with Crippen LogP contribution in [0.4, 0.5) is 5.95 Å². The first kappa shape index (κ1) is 17.5. The first-order valence-electron chi connectivity index (χ1n) is 7.22. The van der Waals surface area contributed by atoms with Gasteiger partial charge >= 0.3 is 0 Å². The molecule has 0 saturated carbocycles. The zero-order valence-electron chi connectivity index (χ0n) is 13.1. The minimum atomic E-state index is -0.225. The quantitative estimate of drug-likeness (QED) is 0.599. The minimum absolute atomic E-state index is 0.176. The molecular weight excluding hydrogens is 454 g/mol. The second kappa shape index (κ2) is 7.70. The number of carbonyl (C=O) groups excluding carboxylic acids is 1. The Morgan fingerprint density at radius 1 is 1.16 bits per heavy atom. The highest BCUT2D eigenvalue weighted by molar-refractivity contribution is 9.11. The molecule has 1 amide bonds. The average molecular weight is 467 g/mol. The molecule has 8 nitrogen and oxygen atoms in total. The van der Waals surface area contributed by atoms with Crippen LogP contribution in [0.2, 0.25) is 0 Å². The van der Waals surface area contributed by atoms with Crippen molar-refractivity contribution >= 4 is 43.7 Å². The normalized spacial score (nSPS) is 10.5. The van der Waals surface area contributed by atoms with Gasteiger partial charge in [-0.25, -0.2) is 9.97 Å². The van der Waals surface area contributed by atoms with Crippen LogP contribution < -0.4 is 10.6 Å². The van der Waals surface area contributed by atoms with Crippen molar-refractivity contribution in [1.29, 1.82) is 0 Å². The van der Waals surface area contributed by atoms with E-state index in [2.05, 4.69) is 62.5 Å². The highest BCUT2D eigenvalue weighted by atomic mass is 79.9. The third kappa shape index (κ3) is 4.20. The fourth-order valence-electron chi connectivity index (χ4n) is 2.07. The molecule has 10 heteroatoms. The lowest BCUT2D eigenvalue weighted by Crippen LogP contribution is -2.25. The van der Waals surface area contributed by atoms with Crippen LogP contribution in [0.15, 0.2) is 45.6 Å². The van der Waals surface area contributed by atoms with Gasteiger partial charge in [0, 0.05) is 34.0 Å². The Balaban J connectivity index is 1.81. The molecule has 0 bridgehead atoms. The SMILES string of the molecule is CNc1nc(CNC(=O)c2cc(Br)cc(Br)c2)n(-c2ncccn2)n1. The van der Waals surface area contributed by atoms with Crippen molar-refractivity contribution < 1.29 is 4.79 Å². The summed E-state index contributed by atoms with van der Waals surface area (Å²) in [5.74, 6) is 1.09. The summed E-state index contributed by atoms with van der Waals surface area (Å²) in [6.45, 7) is 0.176. The van der Waals surface area contributed by atoms with Gasteiger partial charge in [-0.15, -0.1) is 5.10 Å². The van der Waals surface area contributed by atoms with Crippen molar-refractivity contribution in [3.8, 4) is 5.95 Å². The predicted octanol–water partition coefficient (Wildman–Crippen LogP) is 2.55. The third-order valence-corrected chi connectivity index (χ3v) is 4.09. The number of benzene rings is 1. The Morgan fingerprint density at radius 3 is 2.48 bits per heavy atom. The molecule has 0 aliphatic rings. The molecule has 0 atom stereocenters. The van der Waals surface area contributed by atoms with Gasteiger partial charge in [-0.1, -0.05) is 31.9 Å². The second-order valence-corrected chi connectivity index (χ2v) is 6.73. The first-order valence-corrected chi connectivity index (χ1v) is 8.81. The lowest BCUT2D eigenvalue weighted by Gasteiger charge is -2.07. The van der Waals surface area contributed by atoms with Crippen LogP contribution in [0.3, 0.4) is 0 Å². The summed E-state index contributed by atoms with van der Waals surface area (Å²) >= 11 is 6.74. The van der Waals surface area contributed by atoms with E-state index in [4.69, 9.17) is 0 Å². The van der Waals surface area contributed by atoms with E-state index in [0.29, 0.717) is 23.3 Å². The van der Waals surface area contributed by atoms with E-state index in [1.807, 2.05) is 6.07 Å². The van der Waals surface area contributed by atoms with Gasteiger partial charge in [0.05, 0.1) is 6.54 Å². The fourth-order valence-corrected chi connectivity index (χ4v) is 3.37. The molecular formula is C15H13Br2N7O. The van der Waals surface area contributed by atoms with Crippen molar-refractivity contribution in [3.05, 3.63) is 57.0 Å². The maximum absolute atomic E-state index is 12.4. The smallest absolute Gasteiger partial charge is 0.252 e. The number of hydrogen-bond acceptors (Lipinski definition) is 6. The van der Waals surface area contributed by atoms with Crippen LogP contribution in [0.1, 0.15) is 16.2 Å². The zero-order chi connectivity index (χ0) is 17.8. The minimum Gasteiger partial charge on any atom is -0.356 e. The molecule has 0 fully saturated rings. The Morgan fingerprint density at radius 2 is 1.84 bits per heavy atom. The van der Waals surface area contributed by atoms with E-state index in [-0.39, 0.29) is 12.5 Å². The summed E-state index contributed by atoms with van der Waals surface area (Å²) < 4.78 is 3.11. The van der Waals surface area contributed by atoms with Crippen molar-refractivity contribution in [2.75, 3.05) is 12.4 Å². The molecule has 2 N–H and O–H groups in total. The molecule has 2 heterocycles. The first-order chi connectivity index (χ1) is 12.1. The van der Waals surface area contributed by atoms with Gasteiger partial charge < -0.3 is 10.6 Å². The highest BCUT2D eigenvalue weighted by Gasteiger charge is 2.15. The maximum atomic E-state index is 12.4. The van der Waals surface area contributed by atoms with E-state index in [0.717, 1.165) is 8.95 Å². The molecule has 0 unspecified atom stereocenters. The summed E-state index contributed by atoms with van der Waals surface area (Å²) in [5, 5.41) is 9.98. The largest absolute Gasteiger partial charge is 0.356 e. The third-order valence-electron chi connectivity index (χ3n) is 3.17. The Hall–Kier alpha value is -2.33. The summed E-state index contributed by atoms with van der Waals surface area (Å²) in [7, 11) is 1.72. The van der Waals surface area contributed by atoms with Crippen LogP contribution in [0.25, 0.3) is 5.95 Å². The summed E-state index contributed by atoms with van der Waals surface area (Å²) in [5.41, 5.74) is 0.525. The van der Waals surface area contributed by atoms with Gasteiger partial charge in [-0.3, -0.25) is 4.79 Å². The lowest BCUT2D eigenvalue weighted by molar-refractivity contribution is 0.0949. The molecule has 1 aromatic carbocycles.